The summed E-state index contributed by atoms with van der Waals surface area (Å²) >= 11 is 0. The molecule has 0 saturated heterocycles. The average molecular weight is 279 g/mol. The zero-order chi connectivity index (χ0) is 14.5. The molecule has 2 unspecified atom stereocenters. The maximum atomic E-state index is 4.43. The van der Waals surface area contributed by atoms with Crippen LogP contribution in [0.15, 0.2) is 71.0 Å². The molecular weight excluding hydrogens is 258 g/mol. The van der Waals surface area contributed by atoms with E-state index in [1.165, 1.54) is 5.56 Å². The van der Waals surface area contributed by atoms with Gasteiger partial charge in [-0.25, -0.2) is 5.01 Å². The predicted octanol–water partition coefficient (Wildman–Crippen LogP) is 4.51. The van der Waals surface area contributed by atoms with E-state index in [4.69, 9.17) is 0 Å². The van der Waals surface area contributed by atoms with Gasteiger partial charge in [0.05, 0.1) is 18.3 Å². The molecule has 0 bridgehead atoms. The van der Waals surface area contributed by atoms with Crippen LogP contribution in [0, 0.1) is 5.92 Å². The molecule has 2 aromatic carbocycles. The number of hydrogen-bond donors (Lipinski definition) is 0. The number of anilines is 1. The lowest BCUT2D eigenvalue weighted by atomic mass is 9.94. The standard InChI is InChI=1S/C18H21N3/c1-15(12-16-8-4-2-5-9-16)13-17-14-21(20-19-17)18-10-6-3-7-11-18/h2-11,15,17H,12-14H2,1H3. The van der Waals surface area contributed by atoms with Crippen LogP contribution < -0.4 is 5.01 Å². The quantitative estimate of drug-likeness (QED) is 0.791. The first-order valence-electron chi connectivity index (χ1n) is 7.58. The molecule has 3 nitrogen and oxygen atoms in total. The largest absolute Gasteiger partial charge is 0.245 e. The van der Waals surface area contributed by atoms with Gasteiger partial charge in [-0.05, 0) is 36.5 Å². The van der Waals surface area contributed by atoms with Gasteiger partial charge >= 0.3 is 0 Å². The fraction of sp³-hybridized carbons (Fsp3) is 0.333. The Morgan fingerprint density at radius 1 is 1.05 bits per heavy atom. The molecule has 0 saturated carbocycles. The highest BCUT2D eigenvalue weighted by Crippen LogP contribution is 2.24. The van der Waals surface area contributed by atoms with Crippen LogP contribution in [0.3, 0.4) is 0 Å². The maximum absolute atomic E-state index is 4.43. The zero-order valence-electron chi connectivity index (χ0n) is 12.4. The lowest BCUT2D eigenvalue weighted by molar-refractivity contribution is 0.475. The van der Waals surface area contributed by atoms with Crippen molar-refractivity contribution in [1.29, 1.82) is 0 Å². The summed E-state index contributed by atoms with van der Waals surface area (Å²) in [5, 5.41) is 10.7. The van der Waals surface area contributed by atoms with Crippen molar-refractivity contribution in [2.24, 2.45) is 16.3 Å². The normalized spacial score (nSPS) is 18.9. The Hall–Kier alpha value is -2.16. The molecule has 0 aliphatic carbocycles. The third-order valence-electron chi connectivity index (χ3n) is 3.86. The summed E-state index contributed by atoms with van der Waals surface area (Å²) in [5.41, 5.74) is 2.53. The van der Waals surface area contributed by atoms with E-state index in [9.17, 15) is 0 Å². The monoisotopic (exact) mass is 279 g/mol. The van der Waals surface area contributed by atoms with Gasteiger partial charge in [0.15, 0.2) is 0 Å². The molecule has 0 spiro atoms. The molecule has 0 N–H and O–H groups in total. The molecule has 3 rings (SSSR count). The smallest absolute Gasteiger partial charge is 0.0928 e. The van der Waals surface area contributed by atoms with Crippen molar-refractivity contribution in [3.05, 3.63) is 66.2 Å². The number of para-hydroxylation sites is 1. The van der Waals surface area contributed by atoms with E-state index in [1.807, 2.05) is 23.2 Å². The summed E-state index contributed by atoms with van der Waals surface area (Å²) in [6.07, 6.45) is 2.19. The topological polar surface area (TPSA) is 28.0 Å². The van der Waals surface area contributed by atoms with Crippen molar-refractivity contribution < 1.29 is 0 Å². The minimum Gasteiger partial charge on any atom is -0.245 e. The lowest BCUT2D eigenvalue weighted by Gasteiger charge is -2.16. The van der Waals surface area contributed by atoms with Gasteiger partial charge < -0.3 is 0 Å². The summed E-state index contributed by atoms with van der Waals surface area (Å²) in [4.78, 5) is 0. The Morgan fingerprint density at radius 2 is 1.71 bits per heavy atom. The highest BCUT2D eigenvalue weighted by molar-refractivity contribution is 5.45. The number of rotatable bonds is 5. The molecule has 3 heteroatoms. The van der Waals surface area contributed by atoms with Crippen molar-refractivity contribution in [2.45, 2.75) is 25.8 Å². The van der Waals surface area contributed by atoms with Crippen molar-refractivity contribution in [2.75, 3.05) is 11.6 Å². The lowest BCUT2D eigenvalue weighted by Crippen LogP contribution is -2.22. The van der Waals surface area contributed by atoms with Crippen LogP contribution in [-0.2, 0) is 6.42 Å². The summed E-state index contributed by atoms with van der Waals surface area (Å²) in [5.74, 6) is 0.618. The Morgan fingerprint density at radius 3 is 2.43 bits per heavy atom. The highest BCUT2D eigenvalue weighted by Gasteiger charge is 2.22. The third kappa shape index (κ3) is 3.69. The number of benzene rings is 2. The molecular formula is C18H21N3. The second-order valence-electron chi connectivity index (χ2n) is 5.81. The molecule has 2 aromatic rings. The van der Waals surface area contributed by atoms with Crippen LogP contribution in [0.1, 0.15) is 18.9 Å². The minimum atomic E-state index is 0.309. The maximum Gasteiger partial charge on any atom is 0.0928 e. The van der Waals surface area contributed by atoms with Gasteiger partial charge in [0.25, 0.3) is 0 Å². The summed E-state index contributed by atoms with van der Waals surface area (Å²) in [6.45, 7) is 3.19. The van der Waals surface area contributed by atoms with Crippen LogP contribution in [-0.4, -0.2) is 12.6 Å². The van der Waals surface area contributed by atoms with Crippen LogP contribution in [0.5, 0.6) is 0 Å². The van der Waals surface area contributed by atoms with E-state index in [1.54, 1.807) is 0 Å². The van der Waals surface area contributed by atoms with Crippen molar-refractivity contribution in [1.82, 2.24) is 0 Å². The van der Waals surface area contributed by atoms with Crippen molar-refractivity contribution in [3.8, 4) is 0 Å². The molecule has 0 radical (unpaired) electrons. The number of hydrogen-bond acceptors (Lipinski definition) is 3. The van der Waals surface area contributed by atoms with Crippen LogP contribution in [0.25, 0.3) is 0 Å². The van der Waals surface area contributed by atoms with Crippen LogP contribution in [0.2, 0.25) is 0 Å². The van der Waals surface area contributed by atoms with Gasteiger partial charge in [-0.3, -0.25) is 0 Å². The second kappa shape index (κ2) is 6.53. The summed E-state index contributed by atoms with van der Waals surface area (Å²) < 4.78 is 0. The first-order valence-corrected chi connectivity index (χ1v) is 7.58. The van der Waals surface area contributed by atoms with E-state index >= 15 is 0 Å². The van der Waals surface area contributed by atoms with Gasteiger partial charge in [0.2, 0.25) is 0 Å². The highest BCUT2D eigenvalue weighted by atomic mass is 15.6. The molecule has 0 amide bonds. The van der Waals surface area contributed by atoms with Gasteiger partial charge in [-0.2, -0.15) is 5.11 Å². The van der Waals surface area contributed by atoms with Gasteiger partial charge in [0.1, 0.15) is 0 Å². The Balaban J connectivity index is 1.52. The van der Waals surface area contributed by atoms with Crippen LogP contribution >= 0.6 is 0 Å². The van der Waals surface area contributed by atoms with Gasteiger partial charge in [-0.15, -0.1) is 0 Å². The minimum absolute atomic E-state index is 0.309. The SMILES string of the molecule is CC(Cc1ccccc1)CC1CN(c2ccccc2)N=N1. The first kappa shape index (κ1) is 13.8. The fourth-order valence-corrected chi connectivity index (χ4v) is 2.85. The molecule has 108 valence electrons. The van der Waals surface area contributed by atoms with Gasteiger partial charge in [0, 0.05) is 0 Å². The number of nitrogens with zero attached hydrogens (tertiary/aromatic N) is 3. The molecule has 1 aliphatic heterocycles. The van der Waals surface area contributed by atoms with Crippen molar-refractivity contribution in [3.63, 3.8) is 0 Å². The van der Waals surface area contributed by atoms with E-state index in [2.05, 4.69) is 59.7 Å². The van der Waals surface area contributed by atoms with Crippen LogP contribution in [0.4, 0.5) is 5.69 Å². The molecule has 2 atom stereocenters. The molecule has 1 heterocycles. The van der Waals surface area contributed by atoms with E-state index in [-0.39, 0.29) is 0 Å². The first-order chi connectivity index (χ1) is 10.3. The molecule has 0 aromatic heterocycles. The Bertz CT molecular complexity index is 580. The molecule has 0 fully saturated rings. The predicted molar refractivity (Wildman–Crippen MR) is 86.4 cm³/mol. The molecule has 21 heavy (non-hydrogen) atoms. The van der Waals surface area contributed by atoms with Crippen molar-refractivity contribution >= 4 is 5.69 Å². The van der Waals surface area contributed by atoms with Gasteiger partial charge in [-0.1, -0.05) is 60.7 Å². The Labute approximate surface area is 126 Å². The van der Waals surface area contributed by atoms with E-state index < -0.39 is 0 Å². The third-order valence-corrected chi connectivity index (χ3v) is 3.86. The summed E-state index contributed by atoms with van der Waals surface area (Å²) in [6, 6.07) is 21.2. The Kier molecular flexibility index (Phi) is 4.29. The van der Waals surface area contributed by atoms with E-state index in [0.717, 1.165) is 25.1 Å². The zero-order valence-corrected chi connectivity index (χ0v) is 12.4. The second-order valence-corrected chi connectivity index (χ2v) is 5.81. The fourth-order valence-electron chi connectivity index (χ4n) is 2.85. The average Bonchev–Trinajstić information content (AvgIpc) is 2.97. The molecule has 1 aliphatic rings. The summed E-state index contributed by atoms with van der Waals surface area (Å²) in [7, 11) is 0. The van der Waals surface area contributed by atoms with E-state index in [0.29, 0.717) is 12.0 Å².